The number of rotatable bonds is 2. The van der Waals surface area contributed by atoms with Crippen LogP contribution in [0.2, 0.25) is 0 Å². The lowest BCUT2D eigenvalue weighted by atomic mass is 9.80. The van der Waals surface area contributed by atoms with E-state index in [1.807, 2.05) is 27.3 Å². The molecule has 3 fully saturated rings. The number of hydrogen-bond acceptors (Lipinski definition) is 4. The molecule has 0 unspecified atom stereocenters. The van der Waals surface area contributed by atoms with E-state index in [2.05, 4.69) is 6.92 Å². The lowest BCUT2D eigenvalue weighted by Crippen LogP contribution is -2.53. The Hall–Kier alpha value is -1.40. The number of nitrogens with zero attached hydrogens (tertiary/aromatic N) is 2. The number of carbonyl (C=O) groups excluding carboxylic acids is 2. The van der Waals surface area contributed by atoms with Crippen LogP contribution < -0.4 is 0 Å². The first-order valence-electron chi connectivity index (χ1n) is 9.38. The molecule has 1 aromatic rings. The molecule has 136 valence electrons. The van der Waals surface area contributed by atoms with Gasteiger partial charge in [-0.15, -0.1) is 11.3 Å². The fourth-order valence-electron chi connectivity index (χ4n) is 4.54. The molecule has 3 atom stereocenters. The zero-order valence-electron chi connectivity index (χ0n) is 14.8. The minimum absolute atomic E-state index is 0.124. The van der Waals surface area contributed by atoms with Gasteiger partial charge in [0.2, 0.25) is 0 Å². The van der Waals surface area contributed by atoms with E-state index in [4.69, 9.17) is 4.74 Å². The lowest BCUT2D eigenvalue weighted by molar-refractivity contribution is -0.154. The molecule has 4 rings (SSSR count). The van der Waals surface area contributed by atoms with Crippen molar-refractivity contribution < 1.29 is 14.3 Å². The van der Waals surface area contributed by atoms with E-state index in [-0.39, 0.29) is 29.4 Å². The Balaban J connectivity index is 1.39. The van der Waals surface area contributed by atoms with E-state index in [0.29, 0.717) is 13.1 Å². The predicted octanol–water partition coefficient (Wildman–Crippen LogP) is 2.77. The van der Waals surface area contributed by atoms with Gasteiger partial charge >= 0.3 is 0 Å². The summed E-state index contributed by atoms with van der Waals surface area (Å²) in [5.41, 5.74) is -0.230. The minimum Gasteiger partial charge on any atom is -0.362 e. The van der Waals surface area contributed by atoms with Gasteiger partial charge in [0.25, 0.3) is 11.8 Å². The number of ether oxygens (including phenoxy) is 1. The van der Waals surface area contributed by atoms with E-state index in [1.165, 1.54) is 11.3 Å². The van der Waals surface area contributed by atoms with E-state index in [0.717, 1.165) is 50.1 Å². The summed E-state index contributed by atoms with van der Waals surface area (Å²) in [6, 6.07) is 3.81. The van der Waals surface area contributed by atoms with Crippen molar-refractivity contribution in [3.63, 3.8) is 0 Å². The molecule has 3 saturated heterocycles. The fraction of sp³-hybridized carbons (Fsp3) is 0.684. The van der Waals surface area contributed by atoms with E-state index >= 15 is 0 Å². The van der Waals surface area contributed by atoms with Crippen molar-refractivity contribution >= 4 is 23.2 Å². The van der Waals surface area contributed by atoms with Crippen LogP contribution in [-0.4, -0.2) is 59.5 Å². The van der Waals surface area contributed by atoms with E-state index in [1.54, 1.807) is 0 Å². The Morgan fingerprint density at radius 1 is 1.20 bits per heavy atom. The Morgan fingerprint density at radius 3 is 2.68 bits per heavy atom. The van der Waals surface area contributed by atoms with Crippen LogP contribution in [0.3, 0.4) is 0 Å². The zero-order valence-corrected chi connectivity index (χ0v) is 15.6. The first-order chi connectivity index (χ1) is 12.1. The van der Waals surface area contributed by atoms with Crippen LogP contribution in [-0.2, 0) is 9.53 Å². The van der Waals surface area contributed by atoms with Crippen molar-refractivity contribution in [3.8, 4) is 0 Å². The molecule has 4 heterocycles. The molecular formula is C19H26N2O3S. The summed E-state index contributed by atoms with van der Waals surface area (Å²) < 4.78 is 6.37. The average Bonchev–Trinajstić information content (AvgIpc) is 3.38. The highest BCUT2D eigenvalue weighted by atomic mass is 32.1. The van der Waals surface area contributed by atoms with Gasteiger partial charge in [-0.25, -0.2) is 0 Å². The average molecular weight is 362 g/mol. The van der Waals surface area contributed by atoms with E-state index in [9.17, 15) is 9.59 Å². The molecule has 25 heavy (non-hydrogen) atoms. The third-order valence-electron chi connectivity index (χ3n) is 6.12. The van der Waals surface area contributed by atoms with Gasteiger partial charge in [0.05, 0.1) is 10.5 Å². The van der Waals surface area contributed by atoms with Gasteiger partial charge in [0, 0.05) is 32.1 Å². The van der Waals surface area contributed by atoms with Crippen LogP contribution in [0, 0.1) is 5.92 Å². The molecule has 2 amide bonds. The molecule has 0 bridgehead atoms. The highest BCUT2D eigenvalue weighted by Gasteiger charge is 2.50. The molecule has 0 N–H and O–H groups in total. The highest BCUT2D eigenvalue weighted by molar-refractivity contribution is 7.12. The molecule has 3 aliphatic heterocycles. The Labute approximate surface area is 152 Å². The number of likely N-dealkylation sites (tertiary alicyclic amines) is 2. The molecule has 6 heteroatoms. The Morgan fingerprint density at radius 2 is 2.00 bits per heavy atom. The maximum atomic E-state index is 12.6. The summed E-state index contributed by atoms with van der Waals surface area (Å²) in [7, 11) is 0. The third-order valence-corrected chi connectivity index (χ3v) is 6.97. The lowest BCUT2D eigenvalue weighted by Gasteiger charge is -2.44. The van der Waals surface area contributed by atoms with Crippen LogP contribution in [0.5, 0.6) is 0 Å². The second-order valence-electron chi connectivity index (χ2n) is 7.62. The first kappa shape index (κ1) is 17.0. The highest BCUT2D eigenvalue weighted by Crippen LogP contribution is 2.43. The van der Waals surface area contributed by atoms with Crippen LogP contribution in [0.25, 0.3) is 0 Å². The Kier molecular flexibility index (Phi) is 4.58. The van der Waals surface area contributed by atoms with Gasteiger partial charge in [-0.2, -0.15) is 0 Å². The second kappa shape index (κ2) is 6.72. The van der Waals surface area contributed by atoms with Crippen molar-refractivity contribution in [3.05, 3.63) is 22.4 Å². The Bertz CT molecular complexity index is 641. The molecule has 0 aliphatic carbocycles. The number of hydrogen-bond donors (Lipinski definition) is 0. The van der Waals surface area contributed by atoms with Gasteiger partial charge in [0.15, 0.2) is 0 Å². The standard InChI is InChI=1S/C19H26N2O3S/c1-14-13-21(18(23)16-5-4-12-25-16)11-8-19(14)7-6-15(24-19)17(22)20-9-2-3-10-20/h4-5,12,14-15H,2-3,6-11,13H2,1H3/t14-,15-,19-/m1/s1. The predicted molar refractivity (Wildman–Crippen MR) is 96.7 cm³/mol. The molecule has 5 nitrogen and oxygen atoms in total. The number of thiophene rings is 1. The SMILES string of the molecule is C[C@@H]1CN(C(=O)c2cccs2)CC[C@]12CC[C@H](C(=O)N1CCCC1)O2. The summed E-state index contributed by atoms with van der Waals surface area (Å²) >= 11 is 1.50. The molecule has 1 aromatic heterocycles. The van der Waals surface area contributed by atoms with E-state index < -0.39 is 0 Å². The molecule has 0 saturated carbocycles. The van der Waals surface area contributed by atoms with Gasteiger partial charge in [-0.1, -0.05) is 13.0 Å². The monoisotopic (exact) mass is 362 g/mol. The smallest absolute Gasteiger partial charge is 0.263 e. The molecule has 1 spiro atoms. The van der Waals surface area contributed by atoms with Crippen molar-refractivity contribution in [1.29, 1.82) is 0 Å². The van der Waals surface area contributed by atoms with Crippen LogP contribution in [0.4, 0.5) is 0 Å². The quantitative estimate of drug-likeness (QED) is 0.813. The van der Waals surface area contributed by atoms with Crippen molar-refractivity contribution in [2.75, 3.05) is 26.2 Å². The summed E-state index contributed by atoms with van der Waals surface area (Å²) in [4.78, 5) is 29.9. The summed E-state index contributed by atoms with van der Waals surface area (Å²) in [6.07, 6.45) is 4.52. The van der Waals surface area contributed by atoms with Gasteiger partial charge in [0.1, 0.15) is 6.10 Å². The van der Waals surface area contributed by atoms with Crippen LogP contribution >= 0.6 is 11.3 Å². The third kappa shape index (κ3) is 3.10. The maximum absolute atomic E-state index is 12.6. The maximum Gasteiger partial charge on any atom is 0.263 e. The van der Waals surface area contributed by atoms with Crippen LogP contribution in [0.15, 0.2) is 17.5 Å². The number of amides is 2. The molecule has 0 aromatic carbocycles. The topological polar surface area (TPSA) is 49.9 Å². The second-order valence-corrected chi connectivity index (χ2v) is 8.57. The minimum atomic E-state index is -0.278. The molecular weight excluding hydrogens is 336 g/mol. The first-order valence-corrected chi connectivity index (χ1v) is 10.3. The number of piperidine rings is 1. The normalized spacial score (nSPS) is 32.5. The van der Waals surface area contributed by atoms with Gasteiger partial charge in [-0.05, 0) is 43.6 Å². The zero-order chi connectivity index (χ0) is 17.4. The van der Waals surface area contributed by atoms with Crippen LogP contribution in [0.1, 0.15) is 48.7 Å². The summed E-state index contributed by atoms with van der Waals surface area (Å²) in [5.74, 6) is 0.555. The van der Waals surface area contributed by atoms with Crippen molar-refractivity contribution in [2.45, 2.75) is 50.7 Å². The largest absolute Gasteiger partial charge is 0.362 e. The molecule has 0 radical (unpaired) electrons. The van der Waals surface area contributed by atoms with Gasteiger partial charge in [-0.3, -0.25) is 9.59 Å². The van der Waals surface area contributed by atoms with Crippen molar-refractivity contribution in [1.82, 2.24) is 9.80 Å². The summed E-state index contributed by atoms with van der Waals surface area (Å²) in [6.45, 7) is 5.35. The molecule has 3 aliphatic rings. The number of carbonyl (C=O) groups is 2. The van der Waals surface area contributed by atoms with Gasteiger partial charge < -0.3 is 14.5 Å². The fourth-order valence-corrected chi connectivity index (χ4v) is 5.23. The summed E-state index contributed by atoms with van der Waals surface area (Å²) in [5, 5.41) is 1.94. The van der Waals surface area contributed by atoms with Crippen molar-refractivity contribution in [2.24, 2.45) is 5.92 Å².